The molecule has 0 radical (unpaired) electrons. The molecule has 0 heterocycles. The minimum atomic E-state index is -0.295. The fraction of sp³-hybridized carbons (Fsp3) is 0.222. The van der Waals surface area contributed by atoms with Crippen LogP contribution in [-0.4, -0.2) is 13.1 Å². The quantitative estimate of drug-likeness (QED) is 0.537. The molecule has 1 aromatic rings. The number of hydrogen-bond acceptors (Lipinski definition) is 2. The van der Waals surface area contributed by atoms with Gasteiger partial charge in [-0.3, -0.25) is 0 Å². The summed E-state index contributed by atoms with van der Waals surface area (Å²) in [5.41, 5.74) is 1.73. The minimum absolute atomic E-state index is 0. The lowest BCUT2D eigenvalue weighted by Crippen LogP contribution is -3.00. The summed E-state index contributed by atoms with van der Waals surface area (Å²) >= 11 is 3.32. The molecule has 1 aromatic carbocycles. The number of hydrogen-bond donors (Lipinski definition) is 0. The van der Waals surface area contributed by atoms with E-state index in [2.05, 4.69) is 20.7 Å². The van der Waals surface area contributed by atoms with Crippen molar-refractivity contribution in [3.05, 3.63) is 35.4 Å². The molecule has 2 nitrogen and oxygen atoms in total. The number of carbonyl (C=O) groups is 1. The molecule has 0 amide bonds. The summed E-state index contributed by atoms with van der Waals surface area (Å²) < 4.78 is 4.56. The van der Waals surface area contributed by atoms with Gasteiger partial charge >= 0.3 is 5.97 Å². The summed E-state index contributed by atoms with van der Waals surface area (Å²) in [4.78, 5) is 11.0. The van der Waals surface area contributed by atoms with Crippen LogP contribution in [0.5, 0.6) is 0 Å². The molecule has 0 aliphatic carbocycles. The van der Waals surface area contributed by atoms with Gasteiger partial charge in [-0.15, -0.1) is 0 Å². The third-order valence-electron chi connectivity index (χ3n) is 1.53. The standard InChI is InChI=1S/C9H9BrO2.BrH/c1-12-9(11)8-4-2-7(6-10)3-5-8;/h2-5H,6H2,1H3;1H/p-1. The first kappa shape index (κ1) is 12.7. The Balaban J connectivity index is 0.00000144. The fourth-order valence-corrected chi connectivity index (χ4v) is 1.22. The van der Waals surface area contributed by atoms with Crippen molar-refractivity contribution in [3.8, 4) is 0 Å². The molecular weight excluding hydrogens is 300 g/mol. The van der Waals surface area contributed by atoms with Gasteiger partial charge in [0.25, 0.3) is 0 Å². The Morgan fingerprint density at radius 2 is 1.92 bits per heavy atom. The van der Waals surface area contributed by atoms with Crippen LogP contribution in [0.25, 0.3) is 0 Å². The normalized spacial score (nSPS) is 8.77. The van der Waals surface area contributed by atoms with Gasteiger partial charge in [-0.1, -0.05) is 28.1 Å². The topological polar surface area (TPSA) is 26.3 Å². The Hall–Kier alpha value is -0.350. The second-order valence-corrected chi connectivity index (χ2v) is 2.88. The maximum Gasteiger partial charge on any atom is 0.337 e. The van der Waals surface area contributed by atoms with Crippen molar-refractivity contribution in [2.45, 2.75) is 5.33 Å². The summed E-state index contributed by atoms with van der Waals surface area (Å²) in [6.07, 6.45) is 0. The highest BCUT2D eigenvalue weighted by Crippen LogP contribution is 2.08. The van der Waals surface area contributed by atoms with E-state index in [0.29, 0.717) is 5.56 Å². The highest BCUT2D eigenvalue weighted by molar-refractivity contribution is 9.08. The molecule has 0 fully saturated rings. The average Bonchev–Trinajstić information content (AvgIpc) is 2.17. The summed E-state index contributed by atoms with van der Waals surface area (Å²) in [6.45, 7) is 0. The van der Waals surface area contributed by atoms with Crippen LogP contribution in [0.15, 0.2) is 24.3 Å². The number of ether oxygens (including phenoxy) is 1. The lowest BCUT2D eigenvalue weighted by molar-refractivity contribution is -0.0000171. The molecule has 0 saturated carbocycles. The summed E-state index contributed by atoms with van der Waals surface area (Å²) in [5.74, 6) is -0.295. The number of alkyl halides is 1. The summed E-state index contributed by atoms with van der Waals surface area (Å²) in [7, 11) is 1.38. The lowest BCUT2D eigenvalue weighted by Gasteiger charge is -1.99. The largest absolute Gasteiger partial charge is 1.00 e. The second-order valence-electron chi connectivity index (χ2n) is 2.32. The van der Waals surface area contributed by atoms with Gasteiger partial charge in [0, 0.05) is 5.33 Å². The van der Waals surface area contributed by atoms with Gasteiger partial charge in [0.2, 0.25) is 0 Å². The third-order valence-corrected chi connectivity index (χ3v) is 2.18. The maximum absolute atomic E-state index is 11.0. The van der Waals surface area contributed by atoms with E-state index in [9.17, 15) is 4.79 Å². The Kier molecular flexibility index (Phi) is 5.99. The van der Waals surface area contributed by atoms with E-state index in [1.807, 2.05) is 12.1 Å². The zero-order valence-electron chi connectivity index (χ0n) is 7.09. The van der Waals surface area contributed by atoms with Crippen molar-refractivity contribution in [2.24, 2.45) is 0 Å². The van der Waals surface area contributed by atoms with Crippen LogP contribution in [0, 0.1) is 0 Å². The van der Waals surface area contributed by atoms with Gasteiger partial charge < -0.3 is 21.7 Å². The van der Waals surface area contributed by atoms with Crippen molar-refractivity contribution in [1.82, 2.24) is 0 Å². The molecule has 0 atom stereocenters. The predicted octanol–water partition coefficient (Wildman–Crippen LogP) is -0.628. The summed E-state index contributed by atoms with van der Waals surface area (Å²) in [6, 6.07) is 7.28. The molecule has 0 aliphatic heterocycles. The Morgan fingerprint density at radius 1 is 1.38 bits per heavy atom. The molecule has 1 rings (SSSR count). The third kappa shape index (κ3) is 3.48. The minimum Gasteiger partial charge on any atom is -1.00 e. The predicted molar refractivity (Wildman–Crippen MR) is 50.4 cm³/mol. The van der Waals surface area contributed by atoms with Crippen molar-refractivity contribution in [3.63, 3.8) is 0 Å². The van der Waals surface area contributed by atoms with Gasteiger partial charge in [-0.05, 0) is 17.7 Å². The van der Waals surface area contributed by atoms with Crippen molar-refractivity contribution >= 4 is 21.9 Å². The van der Waals surface area contributed by atoms with Crippen molar-refractivity contribution in [1.29, 1.82) is 0 Å². The van der Waals surface area contributed by atoms with Gasteiger partial charge in [-0.25, -0.2) is 4.79 Å². The van der Waals surface area contributed by atoms with Crippen molar-refractivity contribution in [2.75, 3.05) is 7.11 Å². The van der Waals surface area contributed by atoms with E-state index in [1.165, 1.54) is 7.11 Å². The number of rotatable bonds is 2. The summed E-state index contributed by atoms with van der Waals surface area (Å²) in [5, 5.41) is 0.800. The van der Waals surface area contributed by atoms with Crippen LogP contribution in [0.3, 0.4) is 0 Å². The Labute approximate surface area is 96.2 Å². The highest BCUT2D eigenvalue weighted by Gasteiger charge is 2.02. The fourth-order valence-electron chi connectivity index (χ4n) is 0.848. The zero-order valence-corrected chi connectivity index (χ0v) is 10.3. The van der Waals surface area contributed by atoms with E-state index >= 15 is 0 Å². The van der Waals surface area contributed by atoms with Gasteiger partial charge in [0.05, 0.1) is 12.7 Å². The highest BCUT2D eigenvalue weighted by atomic mass is 79.9. The maximum atomic E-state index is 11.0. The Bertz CT molecular complexity index is 269. The lowest BCUT2D eigenvalue weighted by atomic mass is 10.1. The van der Waals surface area contributed by atoms with E-state index in [-0.39, 0.29) is 23.0 Å². The van der Waals surface area contributed by atoms with E-state index in [4.69, 9.17) is 0 Å². The van der Waals surface area contributed by atoms with Crippen LogP contribution in [0.4, 0.5) is 0 Å². The van der Waals surface area contributed by atoms with Gasteiger partial charge in [-0.2, -0.15) is 0 Å². The van der Waals surface area contributed by atoms with Crippen LogP contribution >= 0.6 is 15.9 Å². The molecule has 0 saturated heterocycles. The van der Waals surface area contributed by atoms with E-state index in [0.717, 1.165) is 10.9 Å². The molecule has 0 N–H and O–H groups in total. The Morgan fingerprint density at radius 3 is 2.31 bits per heavy atom. The van der Waals surface area contributed by atoms with Gasteiger partial charge in [0.1, 0.15) is 0 Å². The van der Waals surface area contributed by atoms with Crippen LogP contribution in [0.2, 0.25) is 0 Å². The van der Waals surface area contributed by atoms with Crippen LogP contribution in [-0.2, 0) is 10.1 Å². The van der Waals surface area contributed by atoms with E-state index in [1.54, 1.807) is 12.1 Å². The molecule has 72 valence electrons. The number of benzene rings is 1. The first-order valence-corrected chi connectivity index (χ1v) is 4.63. The number of methoxy groups -OCH3 is 1. The first-order chi connectivity index (χ1) is 5.77. The molecule has 0 unspecified atom stereocenters. The SMILES string of the molecule is COC(=O)c1ccc(CBr)cc1.[Br-]. The van der Waals surface area contributed by atoms with Crippen molar-refractivity contribution < 1.29 is 26.5 Å². The molecule has 4 heteroatoms. The number of carbonyl (C=O) groups excluding carboxylic acids is 1. The first-order valence-electron chi connectivity index (χ1n) is 3.51. The molecule has 0 bridgehead atoms. The van der Waals surface area contributed by atoms with Crippen LogP contribution in [0.1, 0.15) is 15.9 Å². The number of esters is 1. The molecule has 13 heavy (non-hydrogen) atoms. The van der Waals surface area contributed by atoms with Gasteiger partial charge in [0.15, 0.2) is 0 Å². The monoisotopic (exact) mass is 307 g/mol. The van der Waals surface area contributed by atoms with E-state index < -0.39 is 0 Å². The molecule has 0 aliphatic rings. The molecular formula is C9H9Br2O2-. The smallest absolute Gasteiger partial charge is 0.337 e. The average molecular weight is 309 g/mol. The zero-order chi connectivity index (χ0) is 8.97. The van der Waals surface area contributed by atoms with Crippen LogP contribution < -0.4 is 17.0 Å². The number of halogens is 2. The molecule has 0 spiro atoms. The second kappa shape index (κ2) is 6.16. The molecule has 0 aromatic heterocycles.